The maximum Gasteiger partial charge on any atom is 0.266 e. The Bertz CT molecular complexity index is 1030. The summed E-state index contributed by atoms with van der Waals surface area (Å²) >= 11 is 0.793. The first-order valence-corrected chi connectivity index (χ1v) is 13.2. The van der Waals surface area contributed by atoms with Crippen LogP contribution in [0.5, 0.6) is 0 Å². The standard InChI is InChI=1S/C21H32F2N6O2S2/c1-14(24)15(11-21(5-4-6-21)7-8-29(2)3)12-25-18-9-17(23)19(10-16(18)22)33(30,31)28-20-26-13-27-32-20/h9-10,13-15,25H,4-8,11-12,24H2,1-3H3,(H,26,27,28). The van der Waals surface area contributed by atoms with Gasteiger partial charge in [-0.25, -0.2) is 22.2 Å². The van der Waals surface area contributed by atoms with Crippen LogP contribution in [-0.2, 0) is 10.0 Å². The number of nitrogens with one attached hydrogen (secondary N) is 2. The van der Waals surface area contributed by atoms with E-state index in [1.165, 1.54) is 6.42 Å². The fraction of sp³-hybridized carbons (Fsp3) is 0.619. The topological polar surface area (TPSA) is 113 Å². The Labute approximate surface area is 198 Å². The first-order valence-electron chi connectivity index (χ1n) is 10.9. The van der Waals surface area contributed by atoms with Crippen molar-refractivity contribution in [1.82, 2.24) is 14.3 Å². The first-order chi connectivity index (χ1) is 15.5. The molecule has 184 valence electrons. The molecule has 1 fully saturated rings. The molecule has 2 unspecified atom stereocenters. The highest BCUT2D eigenvalue weighted by molar-refractivity contribution is 7.93. The van der Waals surface area contributed by atoms with Crippen molar-refractivity contribution in [2.75, 3.05) is 37.2 Å². The van der Waals surface area contributed by atoms with Crippen LogP contribution >= 0.6 is 11.5 Å². The van der Waals surface area contributed by atoms with E-state index in [1.54, 1.807) is 0 Å². The molecule has 1 aliphatic rings. The van der Waals surface area contributed by atoms with Crippen molar-refractivity contribution in [2.45, 2.75) is 50.0 Å². The average Bonchev–Trinajstić information content (AvgIpc) is 3.20. The molecule has 2 aromatic rings. The lowest BCUT2D eigenvalue weighted by Crippen LogP contribution is -2.41. The van der Waals surface area contributed by atoms with E-state index < -0.39 is 26.6 Å². The number of sulfonamides is 1. The lowest BCUT2D eigenvalue weighted by Gasteiger charge is -2.46. The van der Waals surface area contributed by atoms with E-state index >= 15 is 0 Å². The Hall–Kier alpha value is -1.89. The van der Waals surface area contributed by atoms with Gasteiger partial charge in [0.1, 0.15) is 22.9 Å². The third kappa shape index (κ3) is 6.58. The minimum atomic E-state index is -4.34. The minimum Gasteiger partial charge on any atom is -0.382 e. The summed E-state index contributed by atoms with van der Waals surface area (Å²) in [6.07, 6.45) is 6.67. The zero-order chi connectivity index (χ0) is 24.2. The molecular weight excluding hydrogens is 470 g/mol. The fourth-order valence-corrected chi connectivity index (χ4v) is 5.93. The molecule has 0 spiro atoms. The minimum absolute atomic E-state index is 0.0315. The van der Waals surface area contributed by atoms with E-state index in [-0.39, 0.29) is 28.2 Å². The van der Waals surface area contributed by atoms with Crippen LogP contribution in [0.15, 0.2) is 23.4 Å². The van der Waals surface area contributed by atoms with Gasteiger partial charge in [-0.3, -0.25) is 4.72 Å². The van der Waals surface area contributed by atoms with Crippen LogP contribution in [0.2, 0.25) is 0 Å². The number of halogens is 2. The quantitative estimate of drug-likeness (QED) is 0.407. The van der Waals surface area contributed by atoms with Gasteiger partial charge >= 0.3 is 0 Å². The van der Waals surface area contributed by atoms with Gasteiger partial charge in [0.25, 0.3) is 10.0 Å². The molecule has 12 heteroatoms. The lowest BCUT2D eigenvalue weighted by molar-refractivity contribution is 0.0693. The Balaban J connectivity index is 1.70. The van der Waals surface area contributed by atoms with Crippen molar-refractivity contribution < 1.29 is 17.2 Å². The summed E-state index contributed by atoms with van der Waals surface area (Å²) in [6.45, 7) is 3.29. The second-order valence-corrected chi connectivity index (χ2v) is 11.7. The van der Waals surface area contributed by atoms with E-state index in [9.17, 15) is 17.2 Å². The van der Waals surface area contributed by atoms with E-state index in [2.05, 4.69) is 38.4 Å². The normalized spacial score (nSPS) is 17.4. The third-order valence-corrected chi connectivity index (χ3v) is 8.45. The van der Waals surface area contributed by atoms with Crippen molar-refractivity contribution in [2.24, 2.45) is 17.1 Å². The Morgan fingerprint density at radius 2 is 2.00 bits per heavy atom. The molecule has 1 saturated carbocycles. The van der Waals surface area contributed by atoms with Gasteiger partial charge in [-0.15, -0.1) is 0 Å². The van der Waals surface area contributed by atoms with Gasteiger partial charge in [0.15, 0.2) is 0 Å². The van der Waals surface area contributed by atoms with Crippen LogP contribution in [-0.4, -0.2) is 55.9 Å². The number of nitrogens with two attached hydrogens (primary N) is 1. The number of rotatable bonds is 12. The molecule has 3 rings (SSSR count). The van der Waals surface area contributed by atoms with Gasteiger partial charge in [-0.2, -0.15) is 4.37 Å². The summed E-state index contributed by atoms with van der Waals surface area (Å²) in [5.74, 6) is -1.85. The van der Waals surface area contributed by atoms with Gasteiger partial charge < -0.3 is 16.0 Å². The summed E-state index contributed by atoms with van der Waals surface area (Å²) < 4.78 is 60.0. The molecule has 2 atom stereocenters. The molecule has 1 aromatic heterocycles. The summed E-state index contributed by atoms with van der Waals surface area (Å²) in [7, 11) is -0.226. The van der Waals surface area contributed by atoms with Crippen molar-refractivity contribution in [3.05, 3.63) is 30.1 Å². The number of aromatic nitrogens is 2. The molecule has 0 radical (unpaired) electrons. The van der Waals surface area contributed by atoms with Gasteiger partial charge in [0.05, 0.1) is 5.69 Å². The average molecular weight is 503 g/mol. The molecule has 0 saturated heterocycles. The van der Waals surface area contributed by atoms with Crippen molar-refractivity contribution >= 4 is 32.4 Å². The van der Waals surface area contributed by atoms with E-state index in [1.807, 2.05) is 6.92 Å². The summed E-state index contributed by atoms with van der Waals surface area (Å²) in [5, 5.41) is 2.92. The summed E-state index contributed by atoms with van der Waals surface area (Å²) in [5.41, 5.74) is 6.39. The number of nitrogens with zero attached hydrogens (tertiary/aromatic N) is 3. The summed E-state index contributed by atoms with van der Waals surface area (Å²) in [6, 6.07) is 1.41. The Morgan fingerprint density at radius 3 is 2.55 bits per heavy atom. The first kappa shape index (κ1) is 25.7. The number of anilines is 2. The monoisotopic (exact) mass is 502 g/mol. The van der Waals surface area contributed by atoms with Crippen LogP contribution < -0.4 is 15.8 Å². The highest BCUT2D eigenvalue weighted by atomic mass is 32.2. The zero-order valence-corrected chi connectivity index (χ0v) is 20.8. The molecule has 8 nitrogen and oxygen atoms in total. The Morgan fingerprint density at radius 1 is 1.27 bits per heavy atom. The molecule has 1 aliphatic carbocycles. The van der Waals surface area contributed by atoms with E-state index in [0.717, 1.165) is 56.2 Å². The van der Waals surface area contributed by atoms with E-state index in [4.69, 9.17) is 5.73 Å². The van der Waals surface area contributed by atoms with Gasteiger partial charge in [-0.05, 0) is 70.6 Å². The molecule has 0 aliphatic heterocycles. The Kier molecular flexibility index (Phi) is 8.25. The van der Waals surface area contributed by atoms with Crippen LogP contribution in [0, 0.1) is 23.0 Å². The van der Waals surface area contributed by atoms with E-state index in [0.29, 0.717) is 12.6 Å². The van der Waals surface area contributed by atoms with Gasteiger partial charge in [-0.1, -0.05) is 6.42 Å². The number of benzene rings is 1. The second kappa shape index (κ2) is 10.6. The lowest BCUT2D eigenvalue weighted by atomic mass is 9.61. The van der Waals surface area contributed by atoms with Gasteiger partial charge in [0, 0.05) is 30.2 Å². The molecule has 0 amide bonds. The second-order valence-electron chi connectivity index (χ2n) is 9.23. The maximum absolute atomic E-state index is 14.7. The number of hydrogen-bond acceptors (Lipinski definition) is 8. The molecule has 4 N–H and O–H groups in total. The molecule has 1 heterocycles. The molecule has 0 bridgehead atoms. The van der Waals surface area contributed by atoms with Crippen molar-refractivity contribution in [1.29, 1.82) is 0 Å². The SMILES string of the molecule is CC(N)C(CNc1cc(F)c(S(=O)(=O)Nc2ncns2)cc1F)CC1(CCN(C)C)CCC1. The third-order valence-electron chi connectivity index (χ3n) is 6.39. The smallest absolute Gasteiger partial charge is 0.266 e. The van der Waals surface area contributed by atoms with Crippen LogP contribution in [0.1, 0.15) is 39.0 Å². The van der Waals surface area contributed by atoms with Crippen LogP contribution in [0.4, 0.5) is 19.6 Å². The molecule has 33 heavy (non-hydrogen) atoms. The number of hydrogen-bond donors (Lipinski definition) is 3. The highest BCUT2D eigenvalue weighted by Gasteiger charge is 2.39. The zero-order valence-electron chi connectivity index (χ0n) is 19.1. The fourth-order valence-electron chi connectivity index (χ4n) is 4.19. The van der Waals surface area contributed by atoms with Crippen molar-refractivity contribution in [3.63, 3.8) is 0 Å². The largest absolute Gasteiger partial charge is 0.382 e. The molecular formula is C21H32F2N6O2S2. The molecule has 1 aromatic carbocycles. The predicted octanol–water partition coefficient (Wildman–Crippen LogP) is 3.50. The van der Waals surface area contributed by atoms with Crippen LogP contribution in [0.25, 0.3) is 0 Å². The predicted molar refractivity (Wildman–Crippen MR) is 127 cm³/mol. The van der Waals surface area contributed by atoms with Gasteiger partial charge in [0.2, 0.25) is 5.13 Å². The summed E-state index contributed by atoms with van der Waals surface area (Å²) in [4.78, 5) is 5.08. The van der Waals surface area contributed by atoms with Crippen molar-refractivity contribution in [3.8, 4) is 0 Å². The van der Waals surface area contributed by atoms with Crippen LogP contribution in [0.3, 0.4) is 0 Å². The highest BCUT2D eigenvalue weighted by Crippen LogP contribution is 2.49. The maximum atomic E-state index is 14.7.